The molecule has 1 amide bonds. The quantitative estimate of drug-likeness (QED) is 0.875. The molecule has 2 N–H and O–H groups in total. The Hall–Kier alpha value is -0.770. The number of carbonyl (C=O) groups excluding carboxylic acids is 1. The summed E-state index contributed by atoms with van der Waals surface area (Å²) in [6.07, 6.45) is 0. The van der Waals surface area contributed by atoms with E-state index < -0.39 is 0 Å². The van der Waals surface area contributed by atoms with Crippen LogP contribution in [0.15, 0.2) is 18.2 Å². The van der Waals surface area contributed by atoms with Gasteiger partial charge in [0.1, 0.15) is 0 Å². The topological polar surface area (TPSA) is 41.1 Å². The Balaban J connectivity index is 2.77. The first kappa shape index (κ1) is 13.3. The van der Waals surface area contributed by atoms with Crippen molar-refractivity contribution in [1.82, 2.24) is 5.32 Å². The summed E-state index contributed by atoms with van der Waals surface area (Å²) < 4.78 is 0. The average molecular weight is 261 g/mol. The van der Waals surface area contributed by atoms with Gasteiger partial charge < -0.3 is 10.6 Å². The second-order valence-corrected chi connectivity index (χ2v) is 4.36. The van der Waals surface area contributed by atoms with E-state index in [0.29, 0.717) is 22.3 Å². The van der Waals surface area contributed by atoms with Crippen molar-refractivity contribution in [3.05, 3.63) is 28.2 Å². The number of carbonyl (C=O) groups is 1. The second-order valence-electron chi connectivity index (χ2n) is 3.54. The molecule has 0 radical (unpaired) electrons. The van der Waals surface area contributed by atoms with Crippen molar-refractivity contribution in [2.75, 3.05) is 18.9 Å². The fourth-order valence-corrected chi connectivity index (χ4v) is 1.75. The summed E-state index contributed by atoms with van der Waals surface area (Å²) in [7, 11) is 1.80. The van der Waals surface area contributed by atoms with E-state index in [1.54, 1.807) is 25.2 Å². The number of para-hydroxylation sites is 1. The predicted molar refractivity (Wildman–Crippen MR) is 68.2 cm³/mol. The normalized spacial score (nSPS) is 12.2. The molecule has 0 saturated heterocycles. The Labute approximate surface area is 105 Å². The Morgan fingerprint density at radius 3 is 2.44 bits per heavy atom. The van der Waals surface area contributed by atoms with Crippen molar-refractivity contribution < 1.29 is 4.79 Å². The van der Waals surface area contributed by atoms with Crippen molar-refractivity contribution >= 4 is 34.8 Å². The van der Waals surface area contributed by atoms with E-state index in [0.717, 1.165) is 0 Å². The van der Waals surface area contributed by atoms with Gasteiger partial charge in [0.2, 0.25) is 5.91 Å². The molecule has 1 aromatic carbocycles. The molecule has 1 atom stereocenters. The molecule has 3 nitrogen and oxygen atoms in total. The van der Waals surface area contributed by atoms with Crippen LogP contribution in [0.1, 0.15) is 6.92 Å². The third-order valence-corrected chi connectivity index (χ3v) is 2.80. The number of hydrogen-bond acceptors (Lipinski definition) is 2. The highest BCUT2D eigenvalue weighted by Gasteiger charge is 2.14. The van der Waals surface area contributed by atoms with Gasteiger partial charge in [-0.05, 0) is 19.2 Å². The highest BCUT2D eigenvalue weighted by atomic mass is 35.5. The lowest BCUT2D eigenvalue weighted by Gasteiger charge is -2.13. The van der Waals surface area contributed by atoms with Crippen LogP contribution in [0.2, 0.25) is 10.0 Å². The van der Waals surface area contributed by atoms with Crippen LogP contribution in [-0.2, 0) is 4.79 Å². The molecule has 0 spiro atoms. The number of rotatable bonds is 4. The van der Waals surface area contributed by atoms with Crippen LogP contribution in [0, 0.1) is 5.92 Å². The largest absolute Gasteiger partial charge is 0.323 e. The molecule has 1 rings (SSSR count). The summed E-state index contributed by atoms with van der Waals surface area (Å²) >= 11 is 11.9. The second kappa shape index (κ2) is 6.09. The molecule has 1 aromatic rings. The summed E-state index contributed by atoms with van der Waals surface area (Å²) in [4.78, 5) is 11.7. The first-order chi connectivity index (χ1) is 7.56. The molecule has 0 aromatic heterocycles. The first-order valence-corrected chi connectivity index (χ1v) is 5.71. The van der Waals surface area contributed by atoms with E-state index in [1.807, 2.05) is 6.92 Å². The van der Waals surface area contributed by atoms with Gasteiger partial charge in [0, 0.05) is 12.5 Å². The van der Waals surface area contributed by atoms with Crippen molar-refractivity contribution in [3.63, 3.8) is 0 Å². The van der Waals surface area contributed by atoms with Gasteiger partial charge in [-0.25, -0.2) is 0 Å². The van der Waals surface area contributed by atoms with Crippen molar-refractivity contribution in [3.8, 4) is 0 Å². The third-order valence-electron chi connectivity index (χ3n) is 2.17. The van der Waals surface area contributed by atoms with E-state index >= 15 is 0 Å². The number of halogens is 2. The molecule has 16 heavy (non-hydrogen) atoms. The number of benzene rings is 1. The van der Waals surface area contributed by atoms with E-state index in [2.05, 4.69) is 10.6 Å². The van der Waals surface area contributed by atoms with Gasteiger partial charge in [-0.1, -0.05) is 36.2 Å². The molecule has 1 unspecified atom stereocenters. The number of nitrogens with one attached hydrogen (secondary N) is 2. The van der Waals surface area contributed by atoms with Crippen molar-refractivity contribution in [2.45, 2.75) is 6.92 Å². The minimum atomic E-state index is -0.141. The zero-order chi connectivity index (χ0) is 12.1. The van der Waals surface area contributed by atoms with E-state index in [1.165, 1.54) is 0 Å². The molecule has 0 aliphatic heterocycles. The first-order valence-electron chi connectivity index (χ1n) is 4.95. The SMILES string of the molecule is CNCC(C)C(=O)Nc1c(Cl)cccc1Cl. The summed E-state index contributed by atoms with van der Waals surface area (Å²) in [5.41, 5.74) is 0.471. The van der Waals surface area contributed by atoms with Gasteiger partial charge in [0.25, 0.3) is 0 Å². The number of amides is 1. The van der Waals surface area contributed by atoms with Gasteiger partial charge in [-0.15, -0.1) is 0 Å². The summed E-state index contributed by atoms with van der Waals surface area (Å²) in [5, 5.41) is 6.54. The molecule has 5 heteroatoms. The molecule has 0 aliphatic carbocycles. The third kappa shape index (κ3) is 3.37. The molecular formula is C11H14Cl2N2O. The maximum absolute atomic E-state index is 11.7. The summed E-state index contributed by atoms with van der Waals surface area (Å²) in [6.45, 7) is 2.44. The molecular weight excluding hydrogens is 247 g/mol. The van der Waals surface area contributed by atoms with Crippen LogP contribution in [-0.4, -0.2) is 19.5 Å². The standard InChI is InChI=1S/C11H14Cl2N2O/c1-7(6-14-2)11(16)15-10-8(12)4-3-5-9(10)13/h3-5,7,14H,6H2,1-2H3,(H,15,16). The Kier molecular flexibility index (Phi) is 5.06. The minimum absolute atomic E-state index is 0.107. The van der Waals surface area contributed by atoms with E-state index in [-0.39, 0.29) is 11.8 Å². The lowest BCUT2D eigenvalue weighted by Crippen LogP contribution is -2.28. The average Bonchev–Trinajstić information content (AvgIpc) is 2.23. The Bertz CT molecular complexity index is 362. The van der Waals surface area contributed by atoms with Crippen LogP contribution in [0.3, 0.4) is 0 Å². The monoisotopic (exact) mass is 260 g/mol. The van der Waals surface area contributed by atoms with Gasteiger partial charge in [0.05, 0.1) is 15.7 Å². The Morgan fingerprint density at radius 1 is 1.38 bits per heavy atom. The maximum atomic E-state index is 11.7. The van der Waals surface area contributed by atoms with Crippen LogP contribution in [0.25, 0.3) is 0 Å². The van der Waals surface area contributed by atoms with Crippen LogP contribution in [0.5, 0.6) is 0 Å². The fraction of sp³-hybridized carbons (Fsp3) is 0.364. The molecule has 0 saturated carbocycles. The molecule has 0 aliphatic rings. The fourth-order valence-electron chi connectivity index (χ4n) is 1.26. The highest BCUT2D eigenvalue weighted by molar-refractivity contribution is 6.39. The van der Waals surface area contributed by atoms with Crippen LogP contribution in [0.4, 0.5) is 5.69 Å². The van der Waals surface area contributed by atoms with Gasteiger partial charge in [-0.3, -0.25) is 4.79 Å². The zero-order valence-electron chi connectivity index (χ0n) is 9.18. The highest BCUT2D eigenvalue weighted by Crippen LogP contribution is 2.29. The van der Waals surface area contributed by atoms with E-state index in [9.17, 15) is 4.79 Å². The maximum Gasteiger partial charge on any atom is 0.228 e. The minimum Gasteiger partial charge on any atom is -0.323 e. The lowest BCUT2D eigenvalue weighted by molar-refractivity contribution is -0.119. The van der Waals surface area contributed by atoms with Gasteiger partial charge >= 0.3 is 0 Å². The molecule has 0 bridgehead atoms. The molecule has 88 valence electrons. The zero-order valence-corrected chi connectivity index (χ0v) is 10.7. The predicted octanol–water partition coefficient (Wildman–Crippen LogP) is 2.79. The summed E-state index contributed by atoms with van der Waals surface area (Å²) in [5.74, 6) is -0.248. The van der Waals surface area contributed by atoms with Crippen LogP contribution < -0.4 is 10.6 Å². The molecule has 0 heterocycles. The number of hydrogen-bond donors (Lipinski definition) is 2. The Morgan fingerprint density at radius 2 is 1.94 bits per heavy atom. The smallest absolute Gasteiger partial charge is 0.228 e. The van der Waals surface area contributed by atoms with Crippen molar-refractivity contribution in [1.29, 1.82) is 0 Å². The van der Waals surface area contributed by atoms with Crippen LogP contribution >= 0.6 is 23.2 Å². The van der Waals surface area contributed by atoms with Crippen molar-refractivity contribution in [2.24, 2.45) is 5.92 Å². The van der Waals surface area contributed by atoms with Gasteiger partial charge in [-0.2, -0.15) is 0 Å². The van der Waals surface area contributed by atoms with Gasteiger partial charge in [0.15, 0.2) is 0 Å². The number of anilines is 1. The van der Waals surface area contributed by atoms with E-state index in [4.69, 9.17) is 23.2 Å². The molecule has 0 fully saturated rings. The lowest BCUT2D eigenvalue weighted by atomic mass is 10.1. The summed E-state index contributed by atoms with van der Waals surface area (Å²) in [6, 6.07) is 5.11.